The highest BCUT2D eigenvalue weighted by atomic mass is 31.2. The third-order valence-electron chi connectivity index (χ3n) is 1.22. The van der Waals surface area contributed by atoms with Crippen molar-refractivity contribution >= 4 is 13.3 Å². The van der Waals surface area contributed by atoms with E-state index in [1.807, 2.05) is 0 Å². The van der Waals surface area contributed by atoms with Gasteiger partial charge in [0.25, 0.3) is 0 Å². The van der Waals surface area contributed by atoms with Gasteiger partial charge in [0.2, 0.25) is 0 Å². The molecule has 0 aliphatic carbocycles. The highest BCUT2D eigenvalue weighted by molar-refractivity contribution is 7.70. The van der Waals surface area contributed by atoms with Gasteiger partial charge in [0.05, 0.1) is 6.61 Å². The molecule has 0 fully saturated rings. The molecule has 0 aromatic heterocycles. The molecule has 6 heteroatoms. The van der Waals surface area contributed by atoms with Gasteiger partial charge < -0.3 is 14.2 Å². The first-order valence-electron chi connectivity index (χ1n) is 3.94. The van der Waals surface area contributed by atoms with E-state index in [-0.39, 0.29) is 6.61 Å². The Morgan fingerprint density at radius 3 is 2.50 bits per heavy atom. The van der Waals surface area contributed by atoms with Crippen molar-refractivity contribution in [3.8, 4) is 12.3 Å². The molecule has 0 aromatic carbocycles. The van der Waals surface area contributed by atoms with Crippen LogP contribution >= 0.6 is 7.60 Å². The topological polar surface area (TPSA) is 72.8 Å². The summed E-state index contributed by atoms with van der Waals surface area (Å²) in [5, 5.41) is 0. The Balaban J connectivity index is 4.52. The van der Waals surface area contributed by atoms with Gasteiger partial charge in [-0.3, -0.25) is 0 Å². The van der Waals surface area contributed by atoms with Gasteiger partial charge in [-0.25, -0.2) is 9.36 Å². The van der Waals surface area contributed by atoms with E-state index in [4.69, 9.17) is 11.3 Å². The average Bonchev–Trinajstić information content (AvgIpc) is 2.03. The number of terminal acetylenes is 1. The Bertz CT molecular complexity index is 301. The lowest BCUT2D eigenvalue weighted by Crippen LogP contribution is -2.25. The minimum absolute atomic E-state index is 0.0562. The number of rotatable bonds is 4. The van der Waals surface area contributed by atoms with Gasteiger partial charge in [-0.2, -0.15) is 0 Å². The van der Waals surface area contributed by atoms with Crippen LogP contribution in [0.3, 0.4) is 0 Å². The number of hydrogen-bond donors (Lipinski definition) is 1. The van der Waals surface area contributed by atoms with Gasteiger partial charge in [-0.1, -0.05) is 5.92 Å². The van der Waals surface area contributed by atoms with E-state index in [1.54, 1.807) is 0 Å². The molecule has 0 heterocycles. The summed E-state index contributed by atoms with van der Waals surface area (Å²) in [6.45, 7) is 4.29. The van der Waals surface area contributed by atoms with Crippen LogP contribution in [0.25, 0.3) is 0 Å². The molecular weight excluding hydrogens is 207 g/mol. The Morgan fingerprint density at radius 1 is 1.64 bits per heavy atom. The van der Waals surface area contributed by atoms with E-state index in [0.29, 0.717) is 0 Å². The van der Waals surface area contributed by atoms with Crippen LogP contribution in [0.15, 0.2) is 0 Å². The molecule has 1 N–H and O–H groups in total. The summed E-state index contributed by atoms with van der Waals surface area (Å²) >= 11 is 0. The molecule has 0 saturated heterocycles. The fraction of sp³-hybridized carbons (Fsp3) is 0.625. The molecular formula is C8H13O5P. The molecule has 0 spiro atoms. The molecule has 0 saturated carbocycles. The number of ether oxygens (including phenoxy) is 1. The van der Waals surface area contributed by atoms with Crippen molar-refractivity contribution in [3.63, 3.8) is 0 Å². The largest absolute Gasteiger partial charge is 0.437 e. The van der Waals surface area contributed by atoms with Crippen LogP contribution in [-0.2, 0) is 13.8 Å². The maximum absolute atomic E-state index is 11.1. The average molecular weight is 220 g/mol. The molecule has 5 nitrogen and oxygen atoms in total. The summed E-state index contributed by atoms with van der Waals surface area (Å²) in [7, 11) is -4.35. The Labute approximate surface area is 82.9 Å². The third kappa shape index (κ3) is 3.93. The Kier molecular flexibility index (Phi) is 4.34. The molecule has 80 valence electrons. The van der Waals surface area contributed by atoms with Crippen molar-refractivity contribution in [2.75, 3.05) is 6.61 Å². The van der Waals surface area contributed by atoms with E-state index in [1.165, 1.54) is 20.8 Å². The monoisotopic (exact) mass is 220 g/mol. The summed E-state index contributed by atoms with van der Waals surface area (Å²) in [4.78, 5) is 20.1. The van der Waals surface area contributed by atoms with Crippen LogP contribution in [0, 0.1) is 12.3 Å². The van der Waals surface area contributed by atoms with Gasteiger partial charge in [-0.15, -0.1) is 6.42 Å². The SMILES string of the molecule is C#CC(C)(C)OC(=O)P(=O)(O)OCC. The molecule has 1 unspecified atom stereocenters. The van der Waals surface area contributed by atoms with Crippen molar-refractivity contribution in [2.24, 2.45) is 0 Å². The number of carbonyl (C=O) groups is 1. The lowest BCUT2D eigenvalue weighted by atomic mass is 10.2. The quantitative estimate of drug-likeness (QED) is 0.577. The predicted octanol–water partition coefficient (Wildman–Crippen LogP) is 1.76. The minimum atomic E-state index is -4.35. The summed E-state index contributed by atoms with van der Waals surface area (Å²) in [5.41, 5.74) is -2.55. The first-order chi connectivity index (χ1) is 6.25. The van der Waals surface area contributed by atoms with Crippen molar-refractivity contribution < 1.29 is 23.5 Å². The van der Waals surface area contributed by atoms with Crippen LogP contribution in [-0.4, -0.2) is 22.8 Å². The Morgan fingerprint density at radius 2 is 2.14 bits per heavy atom. The highest BCUT2D eigenvalue weighted by Crippen LogP contribution is 2.44. The summed E-state index contributed by atoms with van der Waals surface area (Å²) in [6.07, 6.45) is 5.03. The van der Waals surface area contributed by atoms with Crippen LogP contribution in [0.1, 0.15) is 20.8 Å². The molecule has 0 bridgehead atoms. The molecule has 0 aliphatic rings. The zero-order valence-electron chi connectivity index (χ0n) is 8.31. The number of carbonyl (C=O) groups excluding carboxylic acids is 1. The smallest absolute Gasteiger partial charge is 0.435 e. The maximum Gasteiger partial charge on any atom is 0.435 e. The van der Waals surface area contributed by atoms with Gasteiger partial charge in [0.1, 0.15) is 0 Å². The van der Waals surface area contributed by atoms with Crippen LogP contribution < -0.4 is 0 Å². The van der Waals surface area contributed by atoms with Gasteiger partial charge in [0, 0.05) is 0 Å². The molecule has 1 atom stereocenters. The van der Waals surface area contributed by atoms with Crippen molar-refractivity contribution in [1.29, 1.82) is 0 Å². The number of hydrogen-bond acceptors (Lipinski definition) is 4. The zero-order valence-corrected chi connectivity index (χ0v) is 9.21. The molecule has 0 aliphatic heterocycles. The summed E-state index contributed by atoms with van der Waals surface area (Å²) in [5.74, 6) is 2.16. The second-order valence-electron chi connectivity index (χ2n) is 2.96. The first kappa shape index (κ1) is 13.2. The van der Waals surface area contributed by atoms with E-state index >= 15 is 0 Å². The van der Waals surface area contributed by atoms with E-state index in [0.717, 1.165) is 0 Å². The molecule has 0 amide bonds. The van der Waals surface area contributed by atoms with Crippen molar-refractivity contribution in [2.45, 2.75) is 26.4 Å². The predicted molar refractivity (Wildman–Crippen MR) is 50.8 cm³/mol. The fourth-order valence-electron chi connectivity index (χ4n) is 0.533. The zero-order chi connectivity index (χ0) is 11.4. The lowest BCUT2D eigenvalue weighted by Gasteiger charge is -2.19. The van der Waals surface area contributed by atoms with E-state index in [9.17, 15) is 9.36 Å². The maximum atomic E-state index is 11.1. The highest BCUT2D eigenvalue weighted by Gasteiger charge is 2.36. The first-order valence-corrected chi connectivity index (χ1v) is 5.51. The van der Waals surface area contributed by atoms with Gasteiger partial charge in [-0.05, 0) is 20.8 Å². The molecule has 0 radical (unpaired) electrons. The van der Waals surface area contributed by atoms with E-state index < -0.39 is 18.9 Å². The third-order valence-corrected chi connectivity index (χ3v) is 2.39. The minimum Gasteiger partial charge on any atom is -0.437 e. The normalized spacial score (nSPS) is 15.4. The second-order valence-corrected chi connectivity index (χ2v) is 4.62. The standard InChI is InChI=1S/C8H13O5P/c1-5-8(3,4)13-7(9)14(10,11)12-6-2/h1H,6H2,2-4H3,(H,10,11). The molecule has 0 rings (SSSR count). The lowest BCUT2D eigenvalue weighted by molar-refractivity contribution is 0.0913. The summed E-state index contributed by atoms with van der Waals surface area (Å²) in [6, 6.07) is 0. The Hall–Kier alpha value is -0.820. The summed E-state index contributed by atoms with van der Waals surface area (Å²) < 4.78 is 20.0. The van der Waals surface area contributed by atoms with Gasteiger partial charge >= 0.3 is 13.3 Å². The molecule has 0 aromatic rings. The van der Waals surface area contributed by atoms with Crippen molar-refractivity contribution in [3.05, 3.63) is 0 Å². The van der Waals surface area contributed by atoms with Crippen LogP contribution in [0.5, 0.6) is 0 Å². The van der Waals surface area contributed by atoms with Crippen LogP contribution in [0.2, 0.25) is 0 Å². The van der Waals surface area contributed by atoms with Crippen LogP contribution in [0.4, 0.5) is 4.79 Å². The second kappa shape index (κ2) is 4.61. The van der Waals surface area contributed by atoms with Crippen molar-refractivity contribution in [1.82, 2.24) is 0 Å². The fourth-order valence-corrected chi connectivity index (χ4v) is 1.33. The molecule has 14 heavy (non-hydrogen) atoms. The van der Waals surface area contributed by atoms with E-state index in [2.05, 4.69) is 15.2 Å². The van der Waals surface area contributed by atoms with Gasteiger partial charge in [0.15, 0.2) is 5.60 Å².